The number of hydrogen-bond donors (Lipinski definition) is 1. The Kier molecular flexibility index (Phi) is 6.36. The van der Waals surface area contributed by atoms with Crippen molar-refractivity contribution in [2.45, 2.75) is 19.7 Å². The molecule has 0 spiro atoms. The van der Waals surface area contributed by atoms with E-state index in [1.165, 1.54) is 10.8 Å². The molecule has 0 radical (unpaired) electrons. The Morgan fingerprint density at radius 3 is 2.31 bits per heavy atom. The van der Waals surface area contributed by atoms with Crippen molar-refractivity contribution < 1.29 is 4.74 Å². The molecule has 0 unspecified atom stereocenters. The van der Waals surface area contributed by atoms with Crippen molar-refractivity contribution in [3.05, 3.63) is 112 Å². The van der Waals surface area contributed by atoms with E-state index >= 15 is 0 Å². The van der Waals surface area contributed by atoms with Gasteiger partial charge in [0.25, 0.3) is 0 Å². The number of hydrogen-bond acceptors (Lipinski definition) is 2. The van der Waals surface area contributed by atoms with Crippen LogP contribution in [0.3, 0.4) is 0 Å². The first-order chi connectivity index (χ1) is 14.2. The van der Waals surface area contributed by atoms with Crippen molar-refractivity contribution in [2.24, 2.45) is 0 Å². The summed E-state index contributed by atoms with van der Waals surface area (Å²) in [5.41, 5.74) is 3.31. The predicted molar refractivity (Wildman–Crippen MR) is 122 cm³/mol. The Bertz CT molecular complexity index is 1110. The van der Waals surface area contributed by atoms with Crippen molar-refractivity contribution in [3.63, 3.8) is 0 Å². The Balaban J connectivity index is 1.55. The summed E-state index contributed by atoms with van der Waals surface area (Å²) in [5.74, 6) is 0.880. The molecule has 4 heteroatoms. The lowest BCUT2D eigenvalue weighted by atomic mass is 10.0. The third-order valence-corrected chi connectivity index (χ3v) is 5.50. The maximum atomic E-state index is 6.29. The minimum Gasteiger partial charge on any atom is -0.489 e. The lowest BCUT2D eigenvalue weighted by Crippen LogP contribution is -2.14. The van der Waals surface area contributed by atoms with Gasteiger partial charge >= 0.3 is 0 Å². The van der Waals surface area contributed by atoms with Crippen molar-refractivity contribution in [1.82, 2.24) is 5.32 Å². The fourth-order valence-corrected chi connectivity index (χ4v) is 3.67. The van der Waals surface area contributed by atoms with E-state index < -0.39 is 0 Å². The summed E-state index contributed by atoms with van der Waals surface area (Å²) in [6.45, 7) is 1.87. The van der Waals surface area contributed by atoms with Crippen LogP contribution in [0.5, 0.6) is 5.75 Å². The standard InChI is InChI=1S/C25H21Cl2NO/c26-21-12-9-18(10-13-21)17-29-25-14-11-19-5-1-3-7-22(19)23(25)16-28-15-20-6-2-4-8-24(20)27/h1-14,28H,15-17H2. The van der Waals surface area contributed by atoms with Gasteiger partial charge in [-0.2, -0.15) is 0 Å². The lowest BCUT2D eigenvalue weighted by Gasteiger charge is -2.16. The van der Waals surface area contributed by atoms with E-state index in [-0.39, 0.29) is 0 Å². The first-order valence-electron chi connectivity index (χ1n) is 9.53. The number of ether oxygens (including phenoxy) is 1. The molecule has 0 saturated carbocycles. The third kappa shape index (κ3) is 4.91. The second-order valence-corrected chi connectivity index (χ2v) is 7.72. The zero-order chi connectivity index (χ0) is 20.1. The average molecular weight is 422 g/mol. The fraction of sp³-hybridized carbons (Fsp3) is 0.120. The normalized spacial score (nSPS) is 11.0. The number of halogens is 2. The number of nitrogens with one attached hydrogen (secondary N) is 1. The summed E-state index contributed by atoms with van der Waals surface area (Å²) in [7, 11) is 0. The number of fused-ring (bicyclic) bond motifs is 1. The van der Waals surface area contributed by atoms with Crippen molar-refractivity contribution in [2.75, 3.05) is 0 Å². The van der Waals surface area contributed by atoms with Gasteiger partial charge in [-0.3, -0.25) is 0 Å². The fourth-order valence-electron chi connectivity index (χ4n) is 3.34. The van der Waals surface area contributed by atoms with Crippen LogP contribution in [0.25, 0.3) is 10.8 Å². The second kappa shape index (κ2) is 9.32. The Morgan fingerprint density at radius 1 is 0.724 bits per heavy atom. The molecule has 1 N–H and O–H groups in total. The van der Waals surface area contributed by atoms with E-state index in [4.69, 9.17) is 27.9 Å². The van der Waals surface area contributed by atoms with Crippen molar-refractivity contribution in [1.29, 1.82) is 0 Å². The zero-order valence-corrected chi connectivity index (χ0v) is 17.4. The van der Waals surface area contributed by atoms with Gasteiger partial charge in [-0.05, 0) is 46.2 Å². The number of rotatable bonds is 7. The van der Waals surface area contributed by atoms with E-state index in [1.54, 1.807) is 0 Å². The molecule has 0 bridgehead atoms. The first kappa shape index (κ1) is 19.8. The molecule has 0 amide bonds. The van der Waals surface area contributed by atoms with Crippen LogP contribution < -0.4 is 10.1 Å². The predicted octanol–water partition coefficient (Wildman–Crippen LogP) is 7.02. The molecular formula is C25H21Cl2NO. The van der Waals surface area contributed by atoms with Gasteiger partial charge < -0.3 is 10.1 Å². The lowest BCUT2D eigenvalue weighted by molar-refractivity contribution is 0.302. The van der Waals surface area contributed by atoms with Crippen LogP contribution in [0.15, 0.2) is 84.9 Å². The van der Waals surface area contributed by atoms with Gasteiger partial charge in [0.2, 0.25) is 0 Å². The summed E-state index contributed by atoms with van der Waals surface area (Å²) in [6.07, 6.45) is 0. The molecule has 0 heterocycles. The van der Waals surface area contributed by atoms with Gasteiger partial charge in [-0.15, -0.1) is 0 Å². The number of benzene rings is 4. The van der Waals surface area contributed by atoms with Gasteiger partial charge in [-0.25, -0.2) is 0 Å². The van der Waals surface area contributed by atoms with Crippen molar-refractivity contribution >= 4 is 34.0 Å². The van der Waals surface area contributed by atoms with Crippen molar-refractivity contribution in [3.8, 4) is 5.75 Å². The van der Waals surface area contributed by atoms with E-state index in [0.29, 0.717) is 19.7 Å². The second-order valence-electron chi connectivity index (χ2n) is 6.87. The summed E-state index contributed by atoms with van der Waals surface area (Å²) in [5, 5.41) is 7.40. The van der Waals surface area contributed by atoms with Gasteiger partial charge in [0.1, 0.15) is 12.4 Å². The van der Waals surface area contributed by atoms with Gasteiger partial charge in [0.15, 0.2) is 0 Å². The van der Waals surface area contributed by atoms with Crippen LogP contribution in [-0.4, -0.2) is 0 Å². The summed E-state index contributed by atoms with van der Waals surface area (Å²) in [4.78, 5) is 0. The monoisotopic (exact) mass is 421 g/mol. The highest BCUT2D eigenvalue weighted by molar-refractivity contribution is 6.31. The van der Waals surface area contributed by atoms with Crippen LogP contribution in [0.4, 0.5) is 0 Å². The Labute approximate surface area is 181 Å². The van der Waals surface area contributed by atoms with Crippen LogP contribution in [0.2, 0.25) is 10.0 Å². The van der Waals surface area contributed by atoms with Gasteiger partial charge in [-0.1, -0.05) is 83.9 Å². The topological polar surface area (TPSA) is 21.3 Å². The smallest absolute Gasteiger partial charge is 0.124 e. The summed E-state index contributed by atoms with van der Waals surface area (Å²) < 4.78 is 6.19. The molecule has 0 saturated heterocycles. The molecule has 0 fully saturated rings. The molecule has 146 valence electrons. The van der Waals surface area contributed by atoms with E-state index in [1.807, 2.05) is 54.6 Å². The average Bonchev–Trinajstić information content (AvgIpc) is 2.75. The van der Waals surface area contributed by atoms with E-state index in [9.17, 15) is 0 Å². The SMILES string of the molecule is Clc1ccc(COc2ccc3ccccc3c2CNCc2ccccc2Cl)cc1. The summed E-state index contributed by atoms with van der Waals surface area (Å²) in [6, 6.07) is 28.1. The van der Waals surface area contributed by atoms with Gasteiger partial charge in [0.05, 0.1) is 0 Å². The highest BCUT2D eigenvalue weighted by atomic mass is 35.5. The highest BCUT2D eigenvalue weighted by Crippen LogP contribution is 2.29. The molecule has 2 nitrogen and oxygen atoms in total. The quantitative estimate of drug-likeness (QED) is 0.346. The minimum absolute atomic E-state index is 0.493. The zero-order valence-electron chi connectivity index (χ0n) is 15.9. The van der Waals surface area contributed by atoms with Crippen LogP contribution in [0, 0.1) is 0 Å². The molecular weight excluding hydrogens is 401 g/mol. The van der Waals surface area contributed by atoms with Crippen LogP contribution >= 0.6 is 23.2 Å². The highest BCUT2D eigenvalue weighted by Gasteiger charge is 2.10. The molecule has 29 heavy (non-hydrogen) atoms. The molecule has 0 aliphatic carbocycles. The summed E-state index contributed by atoms with van der Waals surface area (Å²) >= 11 is 12.3. The maximum absolute atomic E-state index is 6.29. The molecule has 0 aliphatic heterocycles. The van der Waals surface area contributed by atoms with Crippen LogP contribution in [0.1, 0.15) is 16.7 Å². The minimum atomic E-state index is 0.493. The van der Waals surface area contributed by atoms with E-state index in [2.05, 4.69) is 35.6 Å². The molecule has 4 aromatic carbocycles. The molecule has 0 atom stereocenters. The first-order valence-corrected chi connectivity index (χ1v) is 10.3. The molecule has 0 aliphatic rings. The molecule has 4 rings (SSSR count). The Morgan fingerprint density at radius 2 is 1.48 bits per heavy atom. The van der Waals surface area contributed by atoms with Crippen LogP contribution in [-0.2, 0) is 19.7 Å². The molecule has 4 aromatic rings. The largest absolute Gasteiger partial charge is 0.489 e. The molecule has 0 aromatic heterocycles. The maximum Gasteiger partial charge on any atom is 0.124 e. The van der Waals surface area contributed by atoms with Gasteiger partial charge in [0, 0.05) is 28.7 Å². The van der Waals surface area contributed by atoms with E-state index in [0.717, 1.165) is 32.5 Å². The Hall–Kier alpha value is -2.52. The third-order valence-electron chi connectivity index (χ3n) is 4.88.